The van der Waals surface area contributed by atoms with E-state index in [1.54, 1.807) is 4.88 Å². The van der Waals surface area contributed by atoms with Gasteiger partial charge >= 0.3 is 0 Å². The molecular weight excluding hydrogens is 292 g/mol. The molecule has 2 aliphatic rings. The van der Waals surface area contributed by atoms with Crippen LogP contribution in [0.25, 0.3) is 0 Å². The molecule has 1 aliphatic heterocycles. The van der Waals surface area contributed by atoms with Crippen molar-refractivity contribution >= 4 is 22.9 Å². The fourth-order valence-corrected chi connectivity index (χ4v) is 4.56. The van der Waals surface area contributed by atoms with Crippen molar-refractivity contribution in [3.8, 4) is 0 Å². The van der Waals surface area contributed by atoms with Crippen LogP contribution in [0.15, 0.2) is 41.8 Å². The minimum Gasteiger partial charge on any atom is -0.321 e. The monoisotopic (exact) mass is 313 g/mol. The summed E-state index contributed by atoms with van der Waals surface area (Å²) in [6.45, 7) is 1.65. The van der Waals surface area contributed by atoms with Crippen LogP contribution in [0.4, 0.5) is 5.69 Å². The van der Waals surface area contributed by atoms with Gasteiger partial charge in [0.25, 0.3) is 5.91 Å². The van der Waals surface area contributed by atoms with Crippen molar-refractivity contribution in [1.82, 2.24) is 0 Å². The second kappa shape index (κ2) is 5.86. The van der Waals surface area contributed by atoms with Crippen LogP contribution in [0.5, 0.6) is 0 Å². The van der Waals surface area contributed by atoms with Crippen LogP contribution in [0.3, 0.4) is 0 Å². The number of hydrogen-bond acceptors (Lipinski definition) is 2. The Morgan fingerprint density at radius 2 is 2.05 bits per heavy atom. The Bertz CT molecular complexity index is 663. The van der Waals surface area contributed by atoms with Crippen LogP contribution >= 0.6 is 11.3 Å². The maximum Gasteiger partial charge on any atom is 0.279 e. The van der Waals surface area contributed by atoms with Crippen LogP contribution in [-0.2, 0) is 11.2 Å². The van der Waals surface area contributed by atoms with Gasteiger partial charge in [-0.3, -0.25) is 4.79 Å². The van der Waals surface area contributed by atoms with Gasteiger partial charge in [0, 0.05) is 28.5 Å². The number of fused-ring (bicyclic) bond motifs is 1. The summed E-state index contributed by atoms with van der Waals surface area (Å²) in [7, 11) is 0. The molecule has 2 heterocycles. The van der Waals surface area contributed by atoms with Crippen molar-refractivity contribution in [3.05, 3.63) is 52.2 Å². The van der Waals surface area contributed by atoms with Gasteiger partial charge in [-0.15, -0.1) is 11.3 Å². The van der Waals surface area contributed by atoms with E-state index < -0.39 is 0 Å². The van der Waals surface area contributed by atoms with Gasteiger partial charge in [-0.1, -0.05) is 18.2 Å². The van der Waals surface area contributed by atoms with Gasteiger partial charge < -0.3 is 10.2 Å². The largest absolute Gasteiger partial charge is 0.321 e. The Labute approximate surface area is 135 Å². The molecule has 2 aromatic rings. The van der Waals surface area contributed by atoms with Crippen LogP contribution in [0, 0.1) is 5.92 Å². The third-order valence-corrected chi connectivity index (χ3v) is 5.76. The molecule has 22 heavy (non-hydrogen) atoms. The SMILES string of the molecule is O=C(C[NH+]1CCc2sccc2[C@@H]1C1CC1)Nc1ccccc1. The molecule has 2 atom stereocenters. The van der Waals surface area contributed by atoms with Crippen molar-refractivity contribution < 1.29 is 9.69 Å². The van der Waals surface area contributed by atoms with E-state index in [1.165, 1.54) is 23.3 Å². The quantitative estimate of drug-likeness (QED) is 0.892. The van der Waals surface area contributed by atoms with Crippen molar-refractivity contribution in [3.63, 3.8) is 0 Å². The second-order valence-electron chi connectivity index (χ2n) is 6.36. The minimum absolute atomic E-state index is 0.130. The van der Waals surface area contributed by atoms with Crippen molar-refractivity contribution in [2.24, 2.45) is 5.92 Å². The van der Waals surface area contributed by atoms with E-state index in [-0.39, 0.29) is 5.91 Å². The number of carbonyl (C=O) groups is 1. The Morgan fingerprint density at radius 1 is 1.23 bits per heavy atom. The predicted molar refractivity (Wildman–Crippen MR) is 89.3 cm³/mol. The number of amides is 1. The first kappa shape index (κ1) is 14.0. The molecule has 114 valence electrons. The Kier molecular flexibility index (Phi) is 3.72. The lowest BCUT2D eigenvalue weighted by molar-refractivity contribution is -0.928. The highest BCUT2D eigenvalue weighted by Gasteiger charge is 2.43. The molecule has 0 saturated heterocycles. The topological polar surface area (TPSA) is 33.5 Å². The molecule has 1 aromatic carbocycles. The third kappa shape index (κ3) is 2.81. The molecule has 3 nitrogen and oxygen atoms in total. The fourth-order valence-electron chi connectivity index (χ4n) is 3.63. The van der Waals surface area contributed by atoms with E-state index in [2.05, 4.69) is 16.8 Å². The van der Waals surface area contributed by atoms with E-state index in [0.29, 0.717) is 12.6 Å². The van der Waals surface area contributed by atoms with E-state index in [9.17, 15) is 4.79 Å². The Hall–Kier alpha value is -1.65. The average molecular weight is 313 g/mol. The maximum atomic E-state index is 12.4. The molecule has 1 unspecified atom stereocenters. The zero-order chi connectivity index (χ0) is 14.9. The first-order valence-electron chi connectivity index (χ1n) is 8.07. The fraction of sp³-hybridized carbons (Fsp3) is 0.389. The molecule has 0 radical (unpaired) electrons. The van der Waals surface area contributed by atoms with Crippen LogP contribution < -0.4 is 10.2 Å². The molecule has 4 heteroatoms. The summed E-state index contributed by atoms with van der Waals surface area (Å²) in [6, 6.07) is 12.6. The van der Waals surface area contributed by atoms with Gasteiger partial charge in [0.15, 0.2) is 6.54 Å². The number of benzene rings is 1. The van der Waals surface area contributed by atoms with E-state index >= 15 is 0 Å². The molecule has 1 saturated carbocycles. The molecule has 1 aliphatic carbocycles. The predicted octanol–water partition coefficient (Wildman–Crippen LogP) is 2.28. The highest BCUT2D eigenvalue weighted by molar-refractivity contribution is 7.10. The van der Waals surface area contributed by atoms with Crippen molar-refractivity contribution in [2.75, 3.05) is 18.4 Å². The van der Waals surface area contributed by atoms with Gasteiger partial charge in [-0.25, -0.2) is 0 Å². The number of nitrogens with one attached hydrogen (secondary N) is 2. The van der Waals surface area contributed by atoms with Crippen molar-refractivity contribution in [2.45, 2.75) is 25.3 Å². The van der Waals surface area contributed by atoms with Gasteiger partial charge in [0.2, 0.25) is 0 Å². The Balaban J connectivity index is 1.47. The number of hydrogen-bond donors (Lipinski definition) is 2. The summed E-state index contributed by atoms with van der Waals surface area (Å²) in [4.78, 5) is 15.4. The highest BCUT2D eigenvalue weighted by atomic mass is 32.1. The smallest absolute Gasteiger partial charge is 0.279 e. The lowest BCUT2D eigenvalue weighted by Gasteiger charge is -2.32. The molecule has 4 rings (SSSR count). The van der Waals surface area contributed by atoms with Gasteiger partial charge in [0.05, 0.1) is 6.54 Å². The van der Waals surface area contributed by atoms with Crippen LogP contribution in [-0.4, -0.2) is 19.0 Å². The molecule has 1 amide bonds. The Morgan fingerprint density at radius 3 is 2.82 bits per heavy atom. The molecular formula is C18H21N2OS+. The van der Waals surface area contributed by atoms with E-state index in [0.717, 1.165) is 24.6 Å². The lowest BCUT2D eigenvalue weighted by Crippen LogP contribution is -3.14. The molecule has 1 aromatic heterocycles. The normalized spacial score (nSPS) is 23.8. The average Bonchev–Trinajstić information content (AvgIpc) is 3.24. The highest BCUT2D eigenvalue weighted by Crippen LogP contribution is 2.42. The molecule has 0 spiro atoms. The minimum atomic E-state index is 0.130. The van der Waals surface area contributed by atoms with Gasteiger partial charge in [0.1, 0.15) is 6.04 Å². The number of quaternary nitrogens is 1. The first-order valence-corrected chi connectivity index (χ1v) is 8.95. The van der Waals surface area contributed by atoms with Crippen LogP contribution in [0.2, 0.25) is 0 Å². The van der Waals surface area contributed by atoms with E-state index in [4.69, 9.17) is 0 Å². The zero-order valence-corrected chi connectivity index (χ0v) is 13.4. The maximum absolute atomic E-state index is 12.4. The first-order chi connectivity index (χ1) is 10.8. The zero-order valence-electron chi connectivity index (χ0n) is 12.5. The lowest BCUT2D eigenvalue weighted by atomic mass is 9.96. The van der Waals surface area contributed by atoms with Gasteiger partial charge in [-0.05, 0) is 36.4 Å². The third-order valence-electron chi connectivity index (χ3n) is 4.77. The van der Waals surface area contributed by atoms with E-state index in [1.807, 2.05) is 41.7 Å². The summed E-state index contributed by atoms with van der Waals surface area (Å²) < 4.78 is 0. The summed E-state index contributed by atoms with van der Waals surface area (Å²) >= 11 is 1.88. The molecule has 1 fully saturated rings. The number of thiophene rings is 1. The summed E-state index contributed by atoms with van der Waals surface area (Å²) in [6.07, 6.45) is 3.76. The standard InChI is InChI=1S/C18H20N2OS/c21-17(19-14-4-2-1-3-5-14)12-20-10-8-16-15(9-11-22-16)18(20)13-6-7-13/h1-5,9,11,13,18H,6-8,10,12H2,(H,19,21)/p+1/t18-/m0/s1. The number of rotatable bonds is 4. The second-order valence-corrected chi connectivity index (χ2v) is 7.36. The van der Waals surface area contributed by atoms with Gasteiger partial charge in [-0.2, -0.15) is 0 Å². The summed E-state index contributed by atoms with van der Waals surface area (Å²) in [5.74, 6) is 0.915. The summed E-state index contributed by atoms with van der Waals surface area (Å²) in [5, 5.41) is 5.25. The van der Waals surface area contributed by atoms with Crippen molar-refractivity contribution in [1.29, 1.82) is 0 Å². The number of carbonyl (C=O) groups excluding carboxylic acids is 1. The number of anilines is 1. The summed E-state index contributed by atoms with van der Waals surface area (Å²) in [5.41, 5.74) is 2.41. The molecule has 0 bridgehead atoms. The van der Waals surface area contributed by atoms with Crippen LogP contribution in [0.1, 0.15) is 29.3 Å². The number of para-hydroxylation sites is 1. The molecule has 2 N–H and O–H groups in total.